The molecule has 2 rings (SSSR count). The van der Waals surface area contributed by atoms with Crippen molar-refractivity contribution in [2.24, 2.45) is 0 Å². The molecular weight excluding hydrogens is 202 g/mol. The molecule has 1 heterocycles. The highest BCUT2D eigenvalue weighted by Gasteiger charge is 2.05. The molecule has 0 spiro atoms. The van der Waals surface area contributed by atoms with E-state index in [1.54, 1.807) is 0 Å². The van der Waals surface area contributed by atoms with Crippen molar-refractivity contribution in [3.63, 3.8) is 0 Å². The molecule has 5 heteroatoms. The van der Waals surface area contributed by atoms with E-state index in [1.807, 2.05) is 43.3 Å². The van der Waals surface area contributed by atoms with Gasteiger partial charge in [-0.05, 0) is 19.2 Å². The summed E-state index contributed by atoms with van der Waals surface area (Å²) in [5, 5.41) is 11.3. The second-order valence-corrected chi connectivity index (χ2v) is 3.63. The minimum absolute atomic E-state index is 0.661. The summed E-state index contributed by atoms with van der Waals surface area (Å²) in [6.45, 7) is 1.75. The van der Waals surface area contributed by atoms with E-state index < -0.39 is 0 Å². The van der Waals surface area contributed by atoms with Gasteiger partial charge in [0.05, 0.1) is 5.52 Å². The molecule has 0 amide bonds. The second-order valence-electron chi connectivity index (χ2n) is 3.63. The Morgan fingerprint density at radius 3 is 2.69 bits per heavy atom. The molecule has 1 aromatic carbocycles. The van der Waals surface area contributed by atoms with Crippen molar-refractivity contribution < 1.29 is 0 Å². The maximum atomic E-state index is 4.45. The van der Waals surface area contributed by atoms with Gasteiger partial charge in [-0.1, -0.05) is 12.1 Å². The molecule has 0 saturated carbocycles. The Kier molecular flexibility index (Phi) is 3.26. The number of hydrogen-bond acceptors (Lipinski definition) is 5. The highest BCUT2D eigenvalue weighted by atomic mass is 15.3. The highest BCUT2D eigenvalue weighted by Crippen LogP contribution is 2.10. The first kappa shape index (κ1) is 10.8. The smallest absolute Gasteiger partial charge is 0.245 e. The van der Waals surface area contributed by atoms with Gasteiger partial charge in [0.15, 0.2) is 0 Å². The molecule has 0 aliphatic carbocycles. The monoisotopic (exact) mass is 217 g/mol. The van der Waals surface area contributed by atoms with Crippen LogP contribution < -0.4 is 10.2 Å². The maximum absolute atomic E-state index is 4.45. The number of benzene rings is 1. The quantitative estimate of drug-likeness (QED) is 0.816. The Labute approximate surface area is 94.5 Å². The van der Waals surface area contributed by atoms with E-state index >= 15 is 0 Å². The Morgan fingerprint density at radius 2 is 1.94 bits per heavy atom. The van der Waals surface area contributed by atoms with Crippen molar-refractivity contribution in [3.8, 4) is 0 Å². The minimum Gasteiger partial charge on any atom is -0.341 e. The molecule has 1 aromatic heterocycles. The first-order valence-corrected chi connectivity index (χ1v) is 5.26. The third-order valence-corrected chi connectivity index (χ3v) is 2.39. The van der Waals surface area contributed by atoms with Crippen molar-refractivity contribution in [2.75, 3.05) is 32.1 Å². The summed E-state index contributed by atoms with van der Waals surface area (Å²) in [6, 6.07) is 7.74. The van der Waals surface area contributed by atoms with Crippen LogP contribution in [0.5, 0.6) is 0 Å². The number of hydrogen-bond donors (Lipinski definition) is 1. The third-order valence-electron chi connectivity index (χ3n) is 2.39. The molecule has 0 fully saturated rings. The number of anilines is 1. The molecule has 5 nitrogen and oxygen atoms in total. The summed E-state index contributed by atoms with van der Waals surface area (Å²) >= 11 is 0. The van der Waals surface area contributed by atoms with Crippen LogP contribution in [0.3, 0.4) is 0 Å². The summed E-state index contributed by atoms with van der Waals surface area (Å²) in [4.78, 5) is 6.43. The number of para-hydroxylation sites is 1. The van der Waals surface area contributed by atoms with Crippen molar-refractivity contribution >= 4 is 17.0 Å². The fraction of sp³-hybridized carbons (Fsp3) is 0.364. The molecule has 16 heavy (non-hydrogen) atoms. The Morgan fingerprint density at radius 1 is 1.19 bits per heavy atom. The number of likely N-dealkylation sites (N-methyl/N-ethyl adjacent to an activating group) is 2. The van der Waals surface area contributed by atoms with E-state index in [0.29, 0.717) is 5.95 Å². The van der Waals surface area contributed by atoms with Crippen LogP contribution in [-0.2, 0) is 0 Å². The number of nitrogens with zero attached hydrogens (tertiary/aromatic N) is 4. The van der Waals surface area contributed by atoms with Gasteiger partial charge in [-0.15, -0.1) is 10.2 Å². The topological polar surface area (TPSA) is 53.9 Å². The number of aromatic nitrogens is 3. The van der Waals surface area contributed by atoms with Crippen molar-refractivity contribution in [1.82, 2.24) is 20.5 Å². The van der Waals surface area contributed by atoms with Gasteiger partial charge in [0.25, 0.3) is 0 Å². The molecule has 0 saturated heterocycles. The molecule has 1 N–H and O–H groups in total. The zero-order chi connectivity index (χ0) is 11.4. The van der Waals surface area contributed by atoms with Gasteiger partial charge in [0, 0.05) is 20.1 Å². The highest BCUT2D eigenvalue weighted by molar-refractivity contribution is 5.74. The van der Waals surface area contributed by atoms with Crippen LogP contribution in [0, 0.1) is 0 Å². The van der Waals surface area contributed by atoms with Gasteiger partial charge >= 0.3 is 0 Å². The summed E-state index contributed by atoms with van der Waals surface area (Å²) in [6.07, 6.45) is 0. The number of nitrogens with one attached hydrogen (secondary N) is 1. The summed E-state index contributed by atoms with van der Waals surface area (Å²) < 4.78 is 0. The van der Waals surface area contributed by atoms with Gasteiger partial charge < -0.3 is 10.2 Å². The van der Waals surface area contributed by atoms with E-state index in [4.69, 9.17) is 0 Å². The average Bonchev–Trinajstić information content (AvgIpc) is 2.35. The molecule has 0 atom stereocenters. The molecule has 0 unspecified atom stereocenters. The van der Waals surface area contributed by atoms with E-state index in [1.165, 1.54) is 0 Å². The van der Waals surface area contributed by atoms with Crippen molar-refractivity contribution in [1.29, 1.82) is 0 Å². The molecule has 0 aliphatic heterocycles. The Balaban J connectivity index is 2.25. The van der Waals surface area contributed by atoms with Gasteiger partial charge in [-0.3, -0.25) is 0 Å². The average molecular weight is 217 g/mol. The van der Waals surface area contributed by atoms with Crippen LogP contribution in [-0.4, -0.2) is 42.4 Å². The normalized spacial score (nSPS) is 10.6. The lowest BCUT2D eigenvalue weighted by atomic mass is 10.3. The Bertz CT molecular complexity index is 471. The zero-order valence-corrected chi connectivity index (χ0v) is 9.51. The summed E-state index contributed by atoms with van der Waals surface area (Å²) in [5.74, 6) is 0.661. The first-order valence-electron chi connectivity index (χ1n) is 5.26. The summed E-state index contributed by atoms with van der Waals surface area (Å²) in [7, 11) is 3.89. The van der Waals surface area contributed by atoms with E-state index in [0.717, 1.165) is 24.1 Å². The predicted molar refractivity (Wildman–Crippen MR) is 64.5 cm³/mol. The third kappa shape index (κ3) is 2.25. The first-order chi connectivity index (χ1) is 7.81. The molecule has 84 valence electrons. The SMILES string of the molecule is CNCCN(C)c1nnc2ccccc2n1. The largest absolute Gasteiger partial charge is 0.341 e. The molecule has 0 aliphatic rings. The number of rotatable bonds is 4. The van der Waals surface area contributed by atoms with Gasteiger partial charge in [0.1, 0.15) is 5.52 Å². The van der Waals surface area contributed by atoms with Gasteiger partial charge in [0.2, 0.25) is 5.95 Å². The van der Waals surface area contributed by atoms with Crippen LogP contribution in [0.15, 0.2) is 24.3 Å². The molecular formula is C11H15N5. The van der Waals surface area contributed by atoms with Crippen molar-refractivity contribution in [2.45, 2.75) is 0 Å². The van der Waals surface area contributed by atoms with E-state index in [2.05, 4.69) is 20.5 Å². The van der Waals surface area contributed by atoms with E-state index in [-0.39, 0.29) is 0 Å². The van der Waals surface area contributed by atoms with Crippen LogP contribution in [0.25, 0.3) is 11.0 Å². The Hall–Kier alpha value is -1.75. The fourth-order valence-corrected chi connectivity index (χ4v) is 1.41. The fourth-order valence-electron chi connectivity index (χ4n) is 1.41. The molecule has 0 bridgehead atoms. The zero-order valence-electron chi connectivity index (χ0n) is 9.51. The predicted octanol–water partition coefficient (Wildman–Crippen LogP) is 0.680. The summed E-state index contributed by atoms with van der Waals surface area (Å²) in [5.41, 5.74) is 1.71. The van der Waals surface area contributed by atoms with Crippen molar-refractivity contribution in [3.05, 3.63) is 24.3 Å². The van der Waals surface area contributed by atoms with Crippen LogP contribution >= 0.6 is 0 Å². The van der Waals surface area contributed by atoms with Gasteiger partial charge in [-0.2, -0.15) is 0 Å². The lowest BCUT2D eigenvalue weighted by Crippen LogP contribution is -2.28. The lowest BCUT2D eigenvalue weighted by molar-refractivity contribution is 0.748. The maximum Gasteiger partial charge on any atom is 0.245 e. The van der Waals surface area contributed by atoms with Crippen LogP contribution in [0.4, 0.5) is 5.95 Å². The van der Waals surface area contributed by atoms with Crippen LogP contribution in [0.1, 0.15) is 0 Å². The molecule has 0 radical (unpaired) electrons. The molecule has 2 aromatic rings. The van der Waals surface area contributed by atoms with Gasteiger partial charge in [-0.25, -0.2) is 4.98 Å². The van der Waals surface area contributed by atoms with Crippen LogP contribution in [0.2, 0.25) is 0 Å². The standard InChI is InChI=1S/C11H15N5/c1-12-7-8-16(2)11-13-9-5-3-4-6-10(9)14-15-11/h3-6,12H,7-8H2,1-2H3. The number of fused-ring (bicyclic) bond motifs is 1. The lowest BCUT2D eigenvalue weighted by Gasteiger charge is -2.15. The van der Waals surface area contributed by atoms with E-state index in [9.17, 15) is 0 Å². The minimum atomic E-state index is 0.661. The second kappa shape index (κ2) is 4.85.